The molecule has 0 amide bonds. The lowest BCUT2D eigenvalue weighted by atomic mass is 10.4. The van der Waals surface area contributed by atoms with Crippen molar-refractivity contribution >= 4 is 0 Å². The molecule has 1 aromatic heterocycles. The average molecular weight is 113 g/mol. The molecule has 0 aliphatic rings. The van der Waals surface area contributed by atoms with Gasteiger partial charge in [-0.15, -0.1) is 0 Å². The Morgan fingerprint density at radius 2 is 2.62 bits per heavy atom. The fraction of sp³-hybridized carbons (Fsp3) is 0.500. The van der Waals surface area contributed by atoms with E-state index < -0.39 is 0 Å². The Kier molecular flexibility index (Phi) is 1.26. The van der Waals surface area contributed by atoms with Crippen molar-refractivity contribution < 1.29 is 4.52 Å². The summed E-state index contributed by atoms with van der Waals surface area (Å²) in [6, 6.07) is -0.131. The Morgan fingerprint density at radius 1 is 1.88 bits per heavy atom. The molecule has 0 radical (unpaired) electrons. The number of hydrogen-bond donors (Lipinski definition) is 1. The maximum atomic E-state index is 5.37. The monoisotopic (exact) mass is 113 g/mol. The molecule has 0 aliphatic carbocycles. The molecule has 0 bridgehead atoms. The minimum atomic E-state index is -0.131. The van der Waals surface area contributed by atoms with E-state index in [-0.39, 0.29) is 6.04 Å². The topological polar surface area (TPSA) is 64.9 Å². The maximum Gasteiger partial charge on any atom is 0.213 e. The second-order valence-corrected chi connectivity index (χ2v) is 1.58. The molecule has 1 atom stereocenters. The summed E-state index contributed by atoms with van der Waals surface area (Å²) in [6.45, 7) is 1.80. The van der Waals surface area contributed by atoms with Crippen molar-refractivity contribution in [2.75, 3.05) is 0 Å². The lowest BCUT2D eigenvalue weighted by molar-refractivity contribution is 0.406. The Morgan fingerprint density at radius 3 is 2.88 bits per heavy atom. The summed E-state index contributed by atoms with van der Waals surface area (Å²) >= 11 is 0. The molecule has 0 aliphatic heterocycles. The predicted octanol–water partition coefficient (Wildman–Crippen LogP) is 0.0893. The van der Waals surface area contributed by atoms with Gasteiger partial charge in [0.1, 0.15) is 0 Å². The number of nitrogens with two attached hydrogens (primary N) is 1. The standard InChI is InChI=1S/C4H7N3O/c1-3(5)4-6-2-8-7-4/h2-3H,5H2,1H3/t3-/m0/s1. The van der Waals surface area contributed by atoms with Gasteiger partial charge in [0.05, 0.1) is 6.04 Å². The van der Waals surface area contributed by atoms with E-state index >= 15 is 0 Å². The molecule has 4 heteroatoms. The first-order valence-electron chi connectivity index (χ1n) is 2.32. The van der Waals surface area contributed by atoms with Crippen molar-refractivity contribution in [3.8, 4) is 0 Å². The van der Waals surface area contributed by atoms with Crippen molar-refractivity contribution in [1.82, 2.24) is 10.1 Å². The first kappa shape index (κ1) is 5.24. The summed E-state index contributed by atoms with van der Waals surface area (Å²) < 4.78 is 4.43. The van der Waals surface area contributed by atoms with Gasteiger partial charge in [0.2, 0.25) is 6.39 Å². The summed E-state index contributed by atoms with van der Waals surface area (Å²) in [5.74, 6) is 0.546. The number of rotatable bonds is 1. The first-order chi connectivity index (χ1) is 3.80. The maximum absolute atomic E-state index is 5.37. The lowest BCUT2D eigenvalue weighted by Gasteiger charge is -1.91. The van der Waals surface area contributed by atoms with E-state index in [2.05, 4.69) is 14.7 Å². The smallest absolute Gasteiger partial charge is 0.213 e. The van der Waals surface area contributed by atoms with Crippen LogP contribution in [0.4, 0.5) is 0 Å². The highest BCUT2D eigenvalue weighted by Gasteiger charge is 2.01. The van der Waals surface area contributed by atoms with Gasteiger partial charge in [-0.25, -0.2) is 0 Å². The number of hydrogen-bond acceptors (Lipinski definition) is 4. The summed E-state index contributed by atoms with van der Waals surface area (Å²) in [5, 5.41) is 3.50. The van der Waals surface area contributed by atoms with Crippen LogP contribution >= 0.6 is 0 Å². The zero-order chi connectivity index (χ0) is 5.98. The van der Waals surface area contributed by atoms with Gasteiger partial charge in [-0.1, -0.05) is 5.16 Å². The van der Waals surface area contributed by atoms with E-state index in [4.69, 9.17) is 5.73 Å². The molecule has 0 spiro atoms. The zero-order valence-corrected chi connectivity index (χ0v) is 4.53. The summed E-state index contributed by atoms with van der Waals surface area (Å²) in [4.78, 5) is 3.71. The highest BCUT2D eigenvalue weighted by Crippen LogP contribution is 1.98. The van der Waals surface area contributed by atoms with E-state index in [1.807, 2.05) is 0 Å². The average Bonchev–Trinajstić information content (AvgIpc) is 2.12. The van der Waals surface area contributed by atoms with Crippen LogP contribution in [0.25, 0.3) is 0 Å². The first-order valence-corrected chi connectivity index (χ1v) is 2.32. The molecule has 0 unspecified atom stereocenters. The third-order valence-electron chi connectivity index (χ3n) is 0.786. The second-order valence-electron chi connectivity index (χ2n) is 1.58. The van der Waals surface area contributed by atoms with Crippen LogP contribution in [0, 0.1) is 0 Å². The van der Waals surface area contributed by atoms with E-state index in [1.54, 1.807) is 6.92 Å². The minimum Gasteiger partial charge on any atom is -0.343 e. The van der Waals surface area contributed by atoms with Gasteiger partial charge < -0.3 is 10.3 Å². The molecular formula is C4H7N3O. The molecule has 0 fully saturated rings. The Balaban J connectivity index is 2.77. The van der Waals surface area contributed by atoms with Crippen LogP contribution in [0.1, 0.15) is 18.8 Å². The van der Waals surface area contributed by atoms with Gasteiger partial charge >= 0.3 is 0 Å². The number of nitrogens with zero attached hydrogens (tertiary/aromatic N) is 2. The Labute approximate surface area is 46.7 Å². The molecule has 44 valence electrons. The van der Waals surface area contributed by atoms with Crippen molar-refractivity contribution in [2.24, 2.45) is 5.73 Å². The van der Waals surface area contributed by atoms with E-state index in [1.165, 1.54) is 6.39 Å². The molecule has 1 rings (SSSR count). The van der Waals surface area contributed by atoms with Crippen molar-refractivity contribution in [3.05, 3.63) is 12.2 Å². The van der Waals surface area contributed by atoms with Gasteiger partial charge in [0, 0.05) is 0 Å². The summed E-state index contributed by atoms with van der Waals surface area (Å²) in [5.41, 5.74) is 5.37. The van der Waals surface area contributed by atoms with Gasteiger partial charge in [-0.05, 0) is 6.92 Å². The fourth-order valence-electron chi connectivity index (χ4n) is 0.379. The predicted molar refractivity (Wildman–Crippen MR) is 26.9 cm³/mol. The largest absolute Gasteiger partial charge is 0.343 e. The van der Waals surface area contributed by atoms with Gasteiger partial charge in [0.25, 0.3) is 0 Å². The number of aromatic nitrogens is 2. The molecule has 1 aromatic rings. The normalized spacial score (nSPS) is 13.8. The van der Waals surface area contributed by atoms with Crippen LogP contribution < -0.4 is 5.73 Å². The minimum absolute atomic E-state index is 0.131. The van der Waals surface area contributed by atoms with Crippen LogP contribution in [-0.4, -0.2) is 10.1 Å². The van der Waals surface area contributed by atoms with Gasteiger partial charge in [-0.2, -0.15) is 4.98 Å². The quantitative estimate of drug-likeness (QED) is 0.560. The molecular weight excluding hydrogens is 106 g/mol. The van der Waals surface area contributed by atoms with Crippen molar-refractivity contribution in [1.29, 1.82) is 0 Å². The molecule has 4 nitrogen and oxygen atoms in total. The third kappa shape index (κ3) is 0.840. The third-order valence-corrected chi connectivity index (χ3v) is 0.786. The van der Waals surface area contributed by atoms with Crippen LogP contribution in [0.3, 0.4) is 0 Å². The Hall–Kier alpha value is -0.900. The van der Waals surface area contributed by atoms with E-state index in [0.29, 0.717) is 5.82 Å². The highest BCUT2D eigenvalue weighted by atomic mass is 16.5. The molecule has 1 heterocycles. The summed E-state index contributed by atoms with van der Waals surface area (Å²) in [6.07, 6.45) is 1.26. The van der Waals surface area contributed by atoms with Crippen LogP contribution in [0.15, 0.2) is 10.9 Å². The SMILES string of the molecule is C[C@H](N)c1ncon1. The highest BCUT2D eigenvalue weighted by molar-refractivity contribution is 4.83. The Bertz CT molecular complexity index is 146. The second kappa shape index (κ2) is 1.92. The lowest BCUT2D eigenvalue weighted by Crippen LogP contribution is -2.06. The summed E-state index contributed by atoms with van der Waals surface area (Å²) in [7, 11) is 0. The van der Waals surface area contributed by atoms with Crippen LogP contribution in [0.5, 0.6) is 0 Å². The van der Waals surface area contributed by atoms with Crippen LogP contribution in [-0.2, 0) is 0 Å². The molecule has 0 saturated heterocycles. The van der Waals surface area contributed by atoms with E-state index in [0.717, 1.165) is 0 Å². The molecule has 8 heavy (non-hydrogen) atoms. The van der Waals surface area contributed by atoms with E-state index in [9.17, 15) is 0 Å². The zero-order valence-electron chi connectivity index (χ0n) is 4.53. The van der Waals surface area contributed by atoms with Gasteiger partial charge in [-0.3, -0.25) is 0 Å². The van der Waals surface area contributed by atoms with Crippen LogP contribution in [0.2, 0.25) is 0 Å². The molecule has 0 saturated carbocycles. The van der Waals surface area contributed by atoms with Crippen molar-refractivity contribution in [2.45, 2.75) is 13.0 Å². The van der Waals surface area contributed by atoms with Crippen molar-refractivity contribution in [3.63, 3.8) is 0 Å². The fourth-order valence-corrected chi connectivity index (χ4v) is 0.379. The molecule has 2 N–H and O–H groups in total. The molecule has 0 aromatic carbocycles. The van der Waals surface area contributed by atoms with Gasteiger partial charge in [0.15, 0.2) is 5.82 Å².